The molecular formula is C19H19F3N2O3. The van der Waals surface area contributed by atoms with Crippen molar-refractivity contribution >= 4 is 17.5 Å². The summed E-state index contributed by atoms with van der Waals surface area (Å²) < 4.78 is 43.5. The van der Waals surface area contributed by atoms with Gasteiger partial charge >= 0.3 is 6.18 Å². The Balaban J connectivity index is 1.96. The number of carbonyl (C=O) groups excluding carboxylic acids is 2. The first-order valence-electron chi connectivity index (χ1n) is 8.23. The minimum absolute atomic E-state index is 0.157. The van der Waals surface area contributed by atoms with Crippen LogP contribution >= 0.6 is 0 Å². The van der Waals surface area contributed by atoms with E-state index in [0.717, 1.165) is 12.1 Å². The SMILES string of the molecule is CCNC(=O)COc1cccc(NC(=O)Cc2cccc(C(F)(F)F)c2)c1. The molecule has 27 heavy (non-hydrogen) atoms. The highest BCUT2D eigenvalue weighted by atomic mass is 19.4. The molecule has 2 aromatic carbocycles. The van der Waals surface area contributed by atoms with Crippen LogP contribution in [0.3, 0.4) is 0 Å². The average Bonchev–Trinajstić information content (AvgIpc) is 2.60. The normalized spacial score (nSPS) is 11.0. The van der Waals surface area contributed by atoms with Crippen molar-refractivity contribution in [2.45, 2.75) is 19.5 Å². The zero-order valence-electron chi connectivity index (χ0n) is 14.6. The van der Waals surface area contributed by atoms with Gasteiger partial charge in [0, 0.05) is 18.3 Å². The third kappa shape index (κ3) is 6.65. The predicted octanol–water partition coefficient (Wildman–Crippen LogP) is 3.40. The molecular weight excluding hydrogens is 361 g/mol. The lowest BCUT2D eigenvalue weighted by atomic mass is 10.1. The van der Waals surface area contributed by atoms with E-state index in [-0.39, 0.29) is 24.5 Å². The average molecular weight is 380 g/mol. The topological polar surface area (TPSA) is 67.4 Å². The third-order valence-corrected chi connectivity index (χ3v) is 3.48. The van der Waals surface area contributed by atoms with E-state index in [9.17, 15) is 22.8 Å². The standard InChI is InChI=1S/C19H19F3N2O3/c1-2-23-18(26)12-27-16-8-4-7-15(11-16)24-17(25)10-13-5-3-6-14(9-13)19(20,21)22/h3-9,11H,2,10,12H2,1H3,(H,23,26)(H,24,25). The molecule has 0 aliphatic heterocycles. The Hall–Kier alpha value is -3.03. The molecule has 0 radical (unpaired) electrons. The number of hydrogen-bond acceptors (Lipinski definition) is 3. The van der Waals surface area contributed by atoms with Gasteiger partial charge in [0.25, 0.3) is 5.91 Å². The second-order valence-corrected chi connectivity index (χ2v) is 5.69. The van der Waals surface area contributed by atoms with Crippen molar-refractivity contribution in [2.75, 3.05) is 18.5 Å². The fourth-order valence-electron chi connectivity index (χ4n) is 2.31. The highest BCUT2D eigenvalue weighted by Gasteiger charge is 2.30. The van der Waals surface area contributed by atoms with Crippen molar-refractivity contribution < 1.29 is 27.5 Å². The maximum Gasteiger partial charge on any atom is 0.416 e. The second kappa shape index (κ2) is 9.07. The van der Waals surface area contributed by atoms with E-state index in [4.69, 9.17) is 4.74 Å². The van der Waals surface area contributed by atoms with E-state index >= 15 is 0 Å². The Morgan fingerprint density at radius 3 is 2.48 bits per heavy atom. The van der Waals surface area contributed by atoms with Gasteiger partial charge < -0.3 is 15.4 Å². The molecule has 0 bridgehead atoms. The molecule has 0 fully saturated rings. The number of benzene rings is 2. The summed E-state index contributed by atoms with van der Waals surface area (Å²) in [6.07, 6.45) is -4.66. The molecule has 0 heterocycles. The summed E-state index contributed by atoms with van der Waals surface area (Å²) in [5.74, 6) is -0.343. The molecule has 2 aromatic rings. The van der Waals surface area contributed by atoms with E-state index in [1.165, 1.54) is 18.2 Å². The molecule has 0 saturated heterocycles. The van der Waals surface area contributed by atoms with Crippen LogP contribution in [0.2, 0.25) is 0 Å². The van der Waals surface area contributed by atoms with Gasteiger partial charge in [-0.15, -0.1) is 0 Å². The predicted molar refractivity (Wildman–Crippen MR) is 94.4 cm³/mol. The molecule has 2 rings (SSSR count). The minimum atomic E-state index is -4.46. The quantitative estimate of drug-likeness (QED) is 0.774. The smallest absolute Gasteiger partial charge is 0.416 e. The van der Waals surface area contributed by atoms with Crippen LogP contribution in [0.5, 0.6) is 5.75 Å². The highest BCUT2D eigenvalue weighted by Crippen LogP contribution is 2.29. The second-order valence-electron chi connectivity index (χ2n) is 5.69. The Bertz CT molecular complexity index is 807. The van der Waals surface area contributed by atoms with Gasteiger partial charge in [0.05, 0.1) is 12.0 Å². The van der Waals surface area contributed by atoms with Gasteiger partial charge in [0.15, 0.2) is 6.61 Å². The van der Waals surface area contributed by atoms with Crippen molar-refractivity contribution in [1.82, 2.24) is 5.32 Å². The number of alkyl halides is 3. The van der Waals surface area contributed by atoms with Crippen LogP contribution < -0.4 is 15.4 Å². The van der Waals surface area contributed by atoms with Crippen LogP contribution in [-0.2, 0) is 22.2 Å². The molecule has 2 amide bonds. The number of likely N-dealkylation sites (N-methyl/N-ethyl adjacent to an activating group) is 1. The molecule has 0 aromatic heterocycles. The molecule has 0 unspecified atom stereocenters. The van der Waals surface area contributed by atoms with Gasteiger partial charge in [-0.2, -0.15) is 13.2 Å². The first-order valence-corrected chi connectivity index (χ1v) is 8.23. The zero-order chi connectivity index (χ0) is 19.9. The van der Waals surface area contributed by atoms with Crippen LogP contribution in [-0.4, -0.2) is 25.0 Å². The van der Waals surface area contributed by atoms with E-state index in [1.807, 2.05) is 0 Å². The summed E-state index contributed by atoms with van der Waals surface area (Å²) >= 11 is 0. The Kier molecular flexibility index (Phi) is 6.81. The summed E-state index contributed by atoms with van der Waals surface area (Å²) in [5.41, 5.74) is -0.125. The molecule has 8 heteroatoms. The van der Waals surface area contributed by atoms with Crippen LogP contribution in [0.4, 0.5) is 18.9 Å². The van der Waals surface area contributed by atoms with Crippen molar-refractivity contribution in [3.63, 3.8) is 0 Å². The highest BCUT2D eigenvalue weighted by molar-refractivity contribution is 5.92. The maximum absolute atomic E-state index is 12.7. The van der Waals surface area contributed by atoms with Gasteiger partial charge in [-0.1, -0.05) is 24.3 Å². The van der Waals surface area contributed by atoms with Gasteiger partial charge in [0.1, 0.15) is 5.75 Å². The van der Waals surface area contributed by atoms with Crippen LogP contribution in [0.1, 0.15) is 18.1 Å². The number of ether oxygens (including phenoxy) is 1. The van der Waals surface area contributed by atoms with E-state index in [2.05, 4.69) is 10.6 Å². The van der Waals surface area contributed by atoms with Crippen LogP contribution in [0.15, 0.2) is 48.5 Å². The first-order chi connectivity index (χ1) is 12.8. The van der Waals surface area contributed by atoms with Crippen molar-refractivity contribution in [1.29, 1.82) is 0 Å². The number of carbonyl (C=O) groups is 2. The molecule has 5 nitrogen and oxygen atoms in total. The van der Waals surface area contributed by atoms with Crippen molar-refractivity contribution in [2.24, 2.45) is 0 Å². The minimum Gasteiger partial charge on any atom is -0.484 e. The van der Waals surface area contributed by atoms with E-state index in [0.29, 0.717) is 18.0 Å². The molecule has 0 aliphatic carbocycles. The molecule has 0 atom stereocenters. The largest absolute Gasteiger partial charge is 0.484 e. The van der Waals surface area contributed by atoms with Crippen molar-refractivity contribution in [3.8, 4) is 5.75 Å². The first kappa shape index (κ1) is 20.3. The summed E-state index contributed by atoms with van der Waals surface area (Å²) in [4.78, 5) is 23.5. The number of rotatable bonds is 7. The lowest BCUT2D eigenvalue weighted by Crippen LogP contribution is -2.28. The molecule has 0 spiro atoms. The van der Waals surface area contributed by atoms with Gasteiger partial charge in [-0.3, -0.25) is 9.59 Å². The Labute approximate surface area is 154 Å². The monoisotopic (exact) mass is 380 g/mol. The lowest BCUT2D eigenvalue weighted by Gasteiger charge is -2.10. The maximum atomic E-state index is 12.7. The van der Waals surface area contributed by atoms with Crippen molar-refractivity contribution in [3.05, 3.63) is 59.7 Å². The number of anilines is 1. The number of halogens is 3. The summed E-state index contributed by atoms with van der Waals surface area (Å²) in [6, 6.07) is 11.0. The fourth-order valence-corrected chi connectivity index (χ4v) is 2.31. The van der Waals surface area contributed by atoms with Gasteiger partial charge in [-0.25, -0.2) is 0 Å². The molecule has 2 N–H and O–H groups in total. The number of amides is 2. The lowest BCUT2D eigenvalue weighted by molar-refractivity contribution is -0.137. The molecule has 0 aliphatic rings. The molecule has 0 saturated carbocycles. The van der Waals surface area contributed by atoms with Crippen LogP contribution in [0.25, 0.3) is 0 Å². The molecule has 144 valence electrons. The summed E-state index contributed by atoms with van der Waals surface area (Å²) in [7, 11) is 0. The van der Waals surface area contributed by atoms with Gasteiger partial charge in [0.2, 0.25) is 5.91 Å². The number of hydrogen-bond donors (Lipinski definition) is 2. The van der Waals surface area contributed by atoms with Crippen LogP contribution in [0, 0.1) is 0 Å². The Morgan fingerprint density at radius 2 is 1.78 bits per heavy atom. The van der Waals surface area contributed by atoms with Gasteiger partial charge in [-0.05, 0) is 30.7 Å². The summed E-state index contributed by atoms with van der Waals surface area (Å²) in [6.45, 7) is 2.13. The fraction of sp³-hybridized carbons (Fsp3) is 0.263. The third-order valence-electron chi connectivity index (χ3n) is 3.48. The zero-order valence-corrected chi connectivity index (χ0v) is 14.6. The van der Waals surface area contributed by atoms with E-state index in [1.54, 1.807) is 25.1 Å². The van der Waals surface area contributed by atoms with E-state index < -0.39 is 17.6 Å². The Morgan fingerprint density at radius 1 is 1.04 bits per heavy atom. The number of nitrogens with one attached hydrogen (secondary N) is 2. The summed E-state index contributed by atoms with van der Waals surface area (Å²) in [5, 5.41) is 5.19.